The van der Waals surface area contributed by atoms with Crippen LogP contribution in [0.15, 0.2) is 29.3 Å². The summed E-state index contributed by atoms with van der Waals surface area (Å²) in [6.45, 7) is 3.10. The maximum atomic E-state index is 12.6. The Morgan fingerprint density at radius 2 is 2.08 bits per heavy atom. The number of hydrogen-bond acceptors (Lipinski definition) is 6. The molecule has 0 radical (unpaired) electrons. The number of carboxylic acids is 1. The Morgan fingerprint density at radius 1 is 1.35 bits per heavy atom. The first-order valence-electron chi connectivity index (χ1n) is 7.54. The van der Waals surface area contributed by atoms with Gasteiger partial charge in [0, 0.05) is 10.7 Å². The largest absolute Gasteiger partial charge is 0.544 e. The molecule has 0 saturated carbocycles. The van der Waals surface area contributed by atoms with Crippen LogP contribution in [0.2, 0.25) is 5.02 Å². The van der Waals surface area contributed by atoms with Crippen molar-refractivity contribution in [1.82, 2.24) is 9.55 Å². The van der Waals surface area contributed by atoms with Gasteiger partial charge in [0.15, 0.2) is 0 Å². The molecule has 7 nitrogen and oxygen atoms in total. The third-order valence-electron chi connectivity index (χ3n) is 3.87. The maximum absolute atomic E-state index is 12.6. The number of amides is 1. The average Bonchev–Trinajstić information content (AvgIpc) is 2.91. The van der Waals surface area contributed by atoms with E-state index in [4.69, 9.17) is 11.6 Å². The number of anilines is 1. The van der Waals surface area contributed by atoms with Crippen LogP contribution in [-0.2, 0) is 11.3 Å². The zero-order chi connectivity index (χ0) is 19.0. The van der Waals surface area contributed by atoms with Gasteiger partial charge >= 0.3 is 0 Å². The highest BCUT2D eigenvalue weighted by atomic mass is 35.5. The lowest BCUT2D eigenvalue weighted by Crippen LogP contribution is -2.28. The SMILES string of the molecule is Cc1ccc(NC(=O)Cn2cnc3sc(C(=O)[O-])c(C)c3c2=O)cc1Cl. The van der Waals surface area contributed by atoms with Crippen LogP contribution in [0.4, 0.5) is 5.69 Å². The highest BCUT2D eigenvalue weighted by molar-refractivity contribution is 7.20. The minimum Gasteiger partial charge on any atom is -0.544 e. The van der Waals surface area contributed by atoms with Crippen molar-refractivity contribution in [1.29, 1.82) is 0 Å². The second-order valence-corrected chi connectivity index (χ2v) is 7.12. The van der Waals surface area contributed by atoms with Crippen molar-refractivity contribution in [2.24, 2.45) is 0 Å². The van der Waals surface area contributed by atoms with Gasteiger partial charge < -0.3 is 15.2 Å². The zero-order valence-corrected chi connectivity index (χ0v) is 15.4. The summed E-state index contributed by atoms with van der Waals surface area (Å²) < 4.78 is 1.13. The van der Waals surface area contributed by atoms with Crippen LogP contribution in [-0.4, -0.2) is 21.4 Å². The monoisotopic (exact) mass is 390 g/mol. The first-order chi connectivity index (χ1) is 12.3. The molecule has 0 aliphatic rings. The molecule has 0 fully saturated rings. The number of hydrogen-bond donors (Lipinski definition) is 1. The molecule has 1 amide bonds. The number of carboxylic acid groups (broad SMARTS) is 1. The lowest BCUT2D eigenvalue weighted by Gasteiger charge is -2.08. The quantitative estimate of drug-likeness (QED) is 0.730. The van der Waals surface area contributed by atoms with E-state index in [1.54, 1.807) is 18.2 Å². The molecule has 0 saturated heterocycles. The van der Waals surface area contributed by atoms with Crippen molar-refractivity contribution < 1.29 is 14.7 Å². The summed E-state index contributed by atoms with van der Waals surface area (Å²) in [7, 11) is 0. The minimum atomic E-state index is -1.36. The van der Waals surface area contributed by atoms with Crippen molar-refractivity contribution in [3.63, 3.8) is 0 Å². The Morgan fingerprint density at radius 3 is 2.73 bits per heavy atom. The predicted molar refractivity (Wildman–Crippen MR) is 97.8 cm³/mol. The normalized spacial score (nSPS) is 10.9. The van der Waals surface area contributed by atoms with E-state index in [1.165, 1.54) is 13.3 Å². The van der Waals surface area contributed by atoms with E-state index in [2.05, 4.69) is 10.3 Å². The number of carbonyl (C=O) groups is 2. The van der Waals surface area contributed by atoms with E-state index in [-0.39, 0.29) is 16.8 Å². The lowest BCUT2D eigenvalue weighted by atomic mass is 10.2. The number of rotatable bonds is 4. The number of nitrogens with zero attached hydrogens (tertiary/aromatic N) is 2. The molecule has 0 spiro atoms. The predicted octanol–water partition coefficient (Wildman–Crippen LogP) is 1.73. The Bertz CT molecular complexity index is 1100. The van der Waals surface area contributed by atoms with Gasteiger partial charge in [-0.1, -0.05) is 17.7 Å². The van der Waals surface area contributed by atoms with E-state index in [0.717, 1.165) is 21.5 Å². The van der Waals surface area contributed by atoms with Crippen molar-refractivity contribution in [2.75, 3.05) is 5.32 Å². The molecule has 134 valence electrons. The standard InChI is InChI=1S/C17H14ClN3O4S/c1-8-3-4-10(5-11(8)18)20-12(22)6-21-7-19-15-13(16(21)23)9(2)14(26-15)17(24)25/h3-5,7H,6H2,1-2H3,(H,20,22)(H,24,25)/p-1. The highest BCUT2D eigenvalue weighted by Gasteiger charge is 2.16. The molecule has 1 aromatic carbocycles. The Labute approximate surface area is 156 Å². The Balaban J connectivity index is 1.88. The molecule has 3 aromatic rings. The number of halogens is 1. The topological polar surface area (TPSA) is 104 Å². The van der Waals surface area contributed by atoms with Crippen molar-refractivity contribution in [3.8, 4) is 0 Å². The number of benzene rings is 1. The van der Waals surface area contributed by atoms with E-state index >= 15 is 0 Å². The van der Waals surface area contributed by atoms with E-state index in [0.29, 0.717) is 21.1 Å². The summed E-state index contributed by atoms with van der Waals surface area (Å²) >= 11 is 6.90. The van der Waals surface area contributed by atoms with Crippen LogP contribution in [0, 0.1) is 13.8 Å². The molecule has 0 atom stereocenters. The smallest absolute Gasteiger partial charge is 0.262 e. The van der Waals surface area contributed by atoms with Crippen LogP contribution in [0.1, 0.15) is 20.8 Å². The van der Waals surface area contributed by atoms with Gasteiger partial charge in [0.1, 0.15) is 11.4 Å². The van der Waals surface area contributed by atoms with Crippen LogP contribution in [0.25, 0.3) is 10.2 Å². The summed E-state index contributed by atoms with van der Waals surface area (Å²) in [6, 6.07) is 5.10. The zero-order valence-electron chi connectivity index (χ0n) is 13.8. The summed E-state index contributed by atoms with van der Waals surface area (Å²) in [5, 5.41) is 14.5. The molecule has 9 heteroatoms. The second kappa shape index (κ2) is 6.89. The summed E-state index contributed by atoms with van der Waals surface area (Å²) in [6.07, 6.45) is 1.22. The fourth-order valence-corrected chi connectivity index (χ4v) is 3.65. The molecule has 0 unspecified atom stereocenters. The van der Waals surface area contributed by atoms with E-state index in [9.17, 15) is 19.5 Å². The molecular formula is C17H13ClN3O4S-. The van der Waals surface area contributed by atoms with Gasteiger partial charge in [0.2, 0.25) is 5.91 Å². The van der Waals surface area contributed by atoms with E-state index in [1.807, 2.05) is 6.92 Å². The Kier molecular flexibility index (Phi) is 4.80. The third kappa shape index (κ3) is 3.33. The van der Waals surface area contributed by atoms with Gasteiger partial charge in [-0.25, -0.2) is 4.98 Å². The van der Waals surface area contributed by atoms with E-state index < -0.39 is 17.4 Å². The molecule has 1 N–H and O–H groups in total. The fraction of sp³-hybridized carbons (Fsp3) is 0.176. The van der Waals surface area contributed by atoms with Gasteiger partial charge in [0.05, 0.1) is 22.6 Å². The van der Waals surface area contributed by atoms with Crippen molar-refractivity contribution >= 4 is 50.7 Å². The molecule has 0 aliphatic carbocycles. The van der Waals surface area contributed by atoms with Crippen molar-refractivity contribution in [3.05, 3.63) is 55.9 Å². The molecule has 2 aromatic heterocycles. The average molecular weight is 391 g/mol. The molecule has 0 bridgehead atoms. The molecule has 0 aliphatic heterocycles. The number of aryl methyl sites for hydroxylation is 2. The summed E-state index contributed by atoms with van der Waals surface area (Å²) in [4.78, 5) is 40.3. The van der Waals surface area contributed by atoms with Crippen LogP contribution < -0.4 is 16.0 Å². The second-order valence-electron chi connectivity index (χ2n) is 5.71. The first kappa shape index (κ1) is 18.1. The van der Waals surface area contributed by atoms with Gasteiger partial charge in [-0.05, 0) is 37.1 Å². The third-order valence-corrected chi connectivity index (χ3v) is 5.46. The number of thiophene rings is 1. The molecule has 2 heterocycles. The number of aromatic nitrogens is 2. The first-order valence-corrected chi connectivity index (χ1v) is 8.73. The molecule has 3 rings (SSSR count). The maximum Gasteiger partial charge on any atom is 0.262 e. The number of fused-ring (bicyclic) bond motifs is 1. The minimum absolute atomic E-state index is 0.0406. The highest BCUT2D eigenvalue weighted by Crippen LogP contribution is 2.26. The Hall–Kier alpha value is -2.71. The van der Waals surface area contributed by atoms with Crippen LogP contribution in [0.5, 0.6) is 0 Å². The summed E-state index contributed by atoms with van der Waals surface area (Å²) in [5.41, 5.74) is 1.21. The lowest BCUT2D eigenvalue weighted by molar-refractivity contribution is -0.254. The van der Waals surface area contributed by atoms with Crippen LogP contribution in [0.3, 0.4) is 0 Å². The van der Waals surface area contributed by atoms with Gasteiger partial charge in [0.25, 0.3) is 5.56 Å². The number of aromatic carboxylic acids is 1. The molecular weight excluding hydrogens is 378 g/mol. The van der Waals surface area contributed by atoms with Crippen molar-refractivity contribution in [2.45, 2.75) is 20.4 Å². The van der Waals surface area contributed by atoms with Gasteiger partial charge in [-0.3, -0.25) is 14.2 Å². The van der Waals surface area contributed by atoms with Gasteiger partial charge in [-0.2, -0.15) is 0 Å². The molecule has 26 heavy (non-hydrogen) atoms. The van der Waals surface area contributed by atoms with Gasteiger partial charge in [-0.15, -0.1) is 11.3 Å². The van der Waals surface area contributed by atoms with Crippen LogP contribution >= 0.6 is 22.9 Å². The fourth-order valence-electron chi connectivity index (χ4n) is 2.49. The number of carbonyl (C=O) groups excluding carboxylic acids is 2. The summed E-state index contributed by atoms with van der Waals surface area (Å²) in [5.74, 6) is -1.79. The number of nitrogens with one attached hydrogen (secondary N) is 1.